The van der Waals surface area contributed by atoms with Crippen LogP contribution in [-0.2, 0) is 0 Å². The highest BCUT2D eigenvalue weighted by Gasteiger charge is 2.28. The summed E-state index contributed by atoms with van der Waals surface area (Å²) in [6.45, 7) is 6.35. The Kier molecular flexibility index (Phi) is 7.33. The van der Waals surface area contributed by atoms with Crippen molar-refractivity contribution in [2.45, 2.75) is 84.5 Å². The molecule has 1 aliphatic carbocycles. The van der Waals surface area contributed by atoms with Crippen LogP contribution < -0.4 is 0 Å². The molecule has 1 saturated carbocycles. The van der Waals surface area contributed by atoms with Gasteiger partial charge < -0.3 is 0 Å². The van der Waals surface area contributed by atoms with Crippen molar-refractivity contribution < 1.29 is 4.79 Å². The van der Waals surface area contributed by atoms with Gasteiger partial charge in [0.1, 0.15) is 0 Å². The predicted molar refractivity (Wildman–Crippen MR) is 99.1 cm³/mol. The van der Waals surface area contributed by atoms with E-state index < -0.39 is 0 Å². The lowest BCUT2D eigenvalue weighted by molar-refractivity contribution is 0.101. The molecule has 1 fully saturated rings. The fourth-order valence-electron chi connectivity index (χ4n) is 4.27. The highest BCUT2D eigenvalue weighted by atomic mass is 16.1. The van der Waals surface area contributed by atoms with E-state index in [1.54, 1.807) is 6.92 Å². The van der Waals surface area contributed by atoms with Crippen molar-refractivity contribution in [1.82, 2.24) is 0 Å². The molecule has 128 valence electrons. The van der Waals surface area contributed by atoms with E-state index in [9.17, 15) is 4.79 Å². The molecule has 1 aromatic rings. The zero-order valence-corrected chi connectivity index (χ0v) is 15.3. The molecule has 3 unspecified atom stereocenters. The average Bonchev–Trinajstić information content (AvgIpc) is 2.55. The summed E-state index contributed by atoms with van der Waals surface area (Å²) in [6.07, 6.45) is 12.5. The molecule has 0 amide bonds. The van der Waals surface area contributed by atoms with Gasteiger partial charge in [0.25, 0.3) is 0 Å². The molecular formula is C22H34O. The fourth-order valence-corrected chi connectivity index (χ4v) is 4.27. The normalized spacial score (nSPS) is 24.6. The number of hydrogen-bond donors (Lipinski definition) is 0. The molecule has 2 rings (SSSR count). The zero-order chi connectivity index (χ0) is 16.7. The first-order valence-corrected chi connectivity index (χ1v) is 9.72. The Bertz CT molecular complexity index is 473. The minimum atomic E-state index is 0.163. The number of benzene rings is 1. The van der Waals surface area contributed by atoms with E-state index >= 15 is 0 Å². The van der Waals surface area contributed by atoms with Gasteiger partial charge >= 0.3 is 0 Å². The van der Waals surface area contributed by atoms with E-state index in [1.165, 1.54) is 63.4 Å². The van der Waals surface area contributed by atoms with E-state index in [0.717, 1.165) is 17.4 Å². The molecule has 1 aromatic carbocycles. The second-order valence-electron chi connectivity index (χ2n) is 7.64. The molecule has 1 heteroatoms. The van der Waals surface area contributed by atoms with Crippen LogP contribution in [0.15, 0.2) is 24.3 Å². The standard InChI is InChI=1S/C22H34O/c1-4-5-6-7-8-9-19-10-15-22(17(2)16-19)21-13-11-20(12-14-21)18(3)23/h11-14,17,19,22H,4-10,15-16H2,1-3H3. The minimum Gasteiger partial charge on any atom is -0.295 e. The maximum Gasteiger partial charge on any atom is 0.159 e. The van der Waals surface area contributed by atoms with Crippen LogP contribution in [0.5, 0.6) is 0 Å². The van der Waals surface area contributed by atoms with Crippen LogP contribution in [0.2, 0.25) is 0 Å². The summed E-state index contributed by atoms with van der Waals surface area (Å²) < 4.78 is 0. The predicted octanol–water partition coefficient (Wildman–Crippen LogP) is 6.77. The molecule has 1 nitrogen and oxygen atoms in total. The third kappa shape index (κ3) is 5.48. The van der Waals surface area contributed by atoms with Gasteiger partial charge in [-0.25, -0.2) is 0 Å². The first-order valence-electron chi connectivity index (χ1n) is 9.72. The highest BCUT2D eigenvalue weighted by molar-refractivity contribution is 5.94. The molecule has 23 heavy (non-hydrogen) atoms. The van der Waals surface area contributed by atoms with Crippen molar-refractivity contribution in [3.8, 4) is 0 Å². The molecule has 0 aliphatic heterocycles. The molecule has 0 heterocycles. The highest BCUT2D eigenvalue weighted by Crippen LogP contribution is 2.41. The molecule has 0 bridgehead atoms. The molecule has 0 aromatic heterocycles. The Balaban J connectivity index is 1.80. The average molecular weight is 315 g/mol. The Morgan fingerprint density at radius 1 is 1.04 bits per heavy atom. The first-order chi connectivity index (χ1) is 11.1. The summed E-state index contributed by atoms with van der Waals surface area (Å²) in [7, 11) is 0. The smallest absolute Gasteiger partial charge is 0.159 e. The third-order valence-electron chi connectivity index (χ3n) is 5.74. The second kappa shape index (κ2) is 9.25. The van der Waals surface area contributed by atoms with Crippen molar-refractivity contribution in [3.05, 3.63) is 35.4 Å². The molecule has 1 aliphatic rings. The summed E-state index contributed by atoms with van der Waals surface area (Å²) >= 11 is 0. The monoisotopic (exact) mass is 314 g/mol. The summed E-state index contributed by atoms with van der Waals surface area (Å²) in [5, 5.41) is 0. The second-order valence-corrected chi connectivity index (χ2v) is 7.64. The SMILES string of the molecule is CCCCCCCC1CCC(c2ccc(C(C)=O)cc2)C(C)C1. The summed E-state index contributed by atoms with van der Waals surface area (Å²) in [5.41, 5.74) is 2.27. The number of carbonyl (C=O) groups is 1. The summed E-state index contributed by atoms with van der Waals surface area (Å²) in [4.78, 5) is 11.4. The van der Waals surface area contributed by atoms with Gasteiger partial charge in [-0.2, -0.15) is 0 Å². The first kappa shape index (κ1) is 18.2. The maximum atomic E-state index is 11.4. The van der Waals surface area contributed by atoms with Gasteiger partial charge in [-0.1, -0.05) is 76.6 Å². The van der Waals surface area contributed by atoms with E-state index in [-0.39, 0.29) is 5.78 Å². The van der Waals surface area contributed by atoms with Crippen molar-refractivity contribution in [1.29, 1.82) is 0 Å². The van der Waals surface area contributed by atoms with Crippen LogP contribution >= 0.6 is 0 Å². The van der Waals surface area contributed by atoms with Crippen molar-refractivity contribution in [2.75, 3.05) is 0 Å². The van der Waals surface area contributed by atoms with Gasteiger partial charge in [0.05, 0.1) is 0 Å². The molecular weight excluding hydrogens is 280 g/mol. The van der Waals surface area contributed by atoms with Gasteiger partial charge in [-0.05, 0) is 49.5 Å². The van der Waals surface area contributed by atoms with Crippen molar-refractivity contribution in [2.24, 2.45) is 11.8 Å². The Morgan fingerprint density at radius 2 is 1.74 bits per heavy atom. The molecule has 0 radical (unpaired) electrons. The van der Waals surface area contributed by atoms with Gasteiger partial charge in [0.15, 0.2) is 5.78 Å². The number of carbonyl (C=O) groups excluding carboxylic acids is 1. The van der Waals surface area contributed by atoms with Gasteiger partial charge in [-0.15, -0.1) is 0 Å². The fraction of sp³-hybridized carbons (Fsp3) is 0.682. The van der Waals surface area contributed by atoms with E-state index in [2.05, 4.69) is 26.0 Å². The molecule has 0 spiro atoms. The minimum absolute atomic E-state index is 0.163. The topological polar surface area (TPSA) is 17.1 Å². The molecule has 0 N–H and O–H groups in total. The van der Waals surface area contributed by atoms with Gasteiger partial charge in [0, 0.05) is 5.56 Å². The summed E-state index contributed by atoms with van der Waals surface area (Å²) in [6, 6.07) is 8.38. The molecule has 3 atom stereocenters. The number of rotatable bonds is 8. The van der Waals surface area contributed by atoms with Crippen molar-refractivity contribution >= 4 is 5.78 Å². The van der Waals surface area contributed by atoms with E-state index in [1.807, 2.05) is 12.1 Å². The quantitative estimate of drug-likeness (QED) is 0.382. The van der Waals surface area contributed by atoms with Crippen LogP contribution in [0.25, 0.3) is 0 Å². The van der Waals surface area contributed by atoms with Crippen LogP contribution in [-0.4, -0.2) is 5.78 Å². The van der Waals surface area contributed by atoms with Gasteiger partial charge in [0.2, 0.25) is 0 Å². The van der Waals surface area contributed by atoms with Gasteiger partial charge in [-0.3, -0.25) is 4.79 Å². The maximum absolute atomic E-state index is 11.4. The lowest BCUT2D eigenvalue weighted by atomic mass is 9.71. The third-order valence-corrected chi connectivity index (χ3v) is 5.74. The van der Waals surface area contributed by atoms with Crippen LogP contribution in [0, 0.1) is 11.8 Å². The van der Waals surface area contributed by atoms with Crippen LogP contribution in [0.1, 0.15) is 100 Å². The summed E-state index contributed by atoms with van der Waals surface area (Å²) in [5.74, 6) is 2.57. The Hall–Kier alpha value is -1.11. The Morgan fingerprint density at radius 3 is 2.35 bits per heavy atom. The van der Waals surface area contributed by atoms with E-state index in [0.29, 0.717) is 5.92 Å². The van der Waals surface area contributed by atoms with Crippen molar-refractivity contribution in [3.63, 3.8) is 0 Å². The Labute approximate surface area is 142 Å². The van der Waals surface area contributed by atoms with E-state index in [4.69, 9.17) is 0 Å². The largest absolute Gasteiger partial charge is 0.295 e. The number of unbranched alkanes of at least 4 members (excludes halogenated alkanes) is 4. The number of ketones is 1. The lowest BCUT2D eigenvalue weighted by Gasteiger charge is -2.34. The zero-order valence-electron chi connectivity index (χ0n) is 15.3. The number of Topliss-reactive ketones (excluding diaryl/α,β-unsaturated/α-hetero) is 1. The number of hydrogen-bond acceptors (Lipinski definition) is 1. The van der Waals surface area contributed by atoms with Crippen LogP contribution in [0.3, 0.4) is 0 Å². The lowest BCUT2D eigenvalue weighted by Crippen LogP contribution is -2.21. The molecule has 0 saturated heterocycles. The van der Waals surface area contributed by atoms with Crippen LogP contribution in [0.4, 0.5) is 0 Å².